The highest BCUT2D eigenvalue weighted by Gasteiger charge is 2.24. The van der Waals surface area contributed by atoms with Gasteiger partial charge in [-0.05, 0) is 13.0 Å². The molecular weight excluding hydrogens is 255 g/mol. The van der Waals surface area contributed by atoms with E-state index >= 15 is 0 Å². The van der Waals surface area contributed by atoms with Gasteiger partial charge in [0.25, 0.3) is 0 Å². The van der Waals surface area contributed by atoms with Crippen molar-refractivity contribution >= 4 is 5.97 Å². The second kappa shape index (κ2) is 6.94. The third-order valence-corrected chi connectivity index (χ3v) is 2.58. The van der Waals surface area contributed by atoms with Crippen molar-refractivity contribution in [1.82, 2.24) is 0 Å². The Bertz CT molecular complexity index is 447. The van der Waals surface area contributed by atoms with Crippen molar-refractivity contribution in [3.8, 4) is 11.5 Å². The van der Waals surface area contributed by atoms with E-state index in [0.29, 0.717) is 5.75 Å². The molecule has 0 aliphatic heterocycles. The lowest BCUT2D eigenvalue weighted by Crippen LogP contribution is -2.16. The summed E-state index contributed by atoms with van der Waals surface area (Å²) in [4.78, 5) is 11.5. The van der Waals surface area contributed by atoms with E-state index in [4.69, 9.17) is 14.2 Å². The fourth-order valence-corrected chi connectivity index (χ4v) is 1.66. The highest BCUT2D eigenvalue weighted by Crippen LogP contribution is 2.33. The van der Waals surface area contributed by atoms with Crippen LogP contribution in [0.2, 0.25) is 0 Å². The molecule has 0 radical (unpaired) electrons. The molecule has 1 atom stereocenters. The van der Waals surface area contributed by atoms with E-state index in [0.717, 1.165) is 0 Å². The molecule has 5 nitrogen and oxygen atoms in total. The molecule has 1 rings (SSSR count). The fourth-order valence-electron chi connectivity index (χ4n) is 1.66. The van der Waals surface area contributed by atoms with Crippen LogP contribution < -0.4 is 9.47 Å². The smallest absolute Gasteiger partial charge is 0.339 e. The van der Waals surface area contributed by atoms with Gasteiger partial charge < -0.3 is 19.3 Å². The summed E-state index contributed by atoms with van der Waals surface area (Å²) in [7, 11) is 2.78. The maximum Gasteiger partial charge on any atom is 0.339 e. The van der Waals surface area contributed by atoms with Gasteiger partial charge in [-0.3, -0.25) is 0 Å². The van der Waals surface area contributed by atoms with Crippen molar-refractivity contribution in [3.63, 3.8) is 0 Å². The molecule has 19 heavy (non-hydrogen) atoms. The van der Waals surface area contributed by atoms with Crippen molar-refractivity contribution in [2.75, 3.05) is 20.8 Å². The van der Waals surface area contributed by atoms with Gasteiger partial charge in [-0.2, -0.15) is 0 Å². The van der Waals surface area contributed by atoms with Crippen LogP contribution in [0.5, 0.6) is 11.5 Å². The fraction of sp³-hybridized carbons (Fsp3) is 0.462. The molecule has 0 aliphatic carbocycles. The molecule has 0 spiro atoms. The molecule has 0 aliphatic rings. The lowest BCUT2D eigenvalue weighted by Gasteiger charge is -2.16. The number of rotatable bonds is 6. The Morgan fingerprint density at radius 2 is 1.95 bits per heavy atom. The number of esters is 1. The predicted octanol–water partition coefficient (Wildman–Crippen LogP) is 1.77. The van der Waals surface area contributed by atoms with Crippen LogP contribution in [0.1, 0.15) is 24.2 Å². The number of methoxy groups -OCH3 is 2. The van der Waals surface area contributed by atoms with Crippen LogP contribution in [0.4, 0.5) is 4.39 Å². The molecule has 0 heterocycles. The van der Waals surface area contributed by atoms with E-state index in [1.165, 1.54) is 26.4 Å². The second-order valence-electron chi connectivity index (χ2n) is 3.69. The Morgan fingerprint density at radius 1 is 1.32 bits per heavy atom. The molecular formula is C13H17FO5. The minimum Gasteiger partial charge on any atom is -0.496 e. The summed E-state index contributed by atoms with van der Waals surface area (Å²) in [6, 6.07) is 2.76. The molecule has 1 N–H and O–H groups in total. The van der Waals surface area contributed by atoms with Crippen LogP contribution in [-0.2, 0) is 16.2 Å². The number of hydrogen-bond donors (Lipinski definition) is 1. The quantitative estimate of drug-likeness (QED) is 0.799. The Balaban J connectivity index is 3.21. The van der Waals surface area contributed by atoms with Gasteiger partial charge in [-0.1, -0.05) is 0 Å². The number of carbonyl (C=O) groups excluding carboxylic acids is 1. The Kier molecular flexibility index (Phi) is 5.57. The summed E-state index contributed by atoms with van der Waals surface area (Å²) < 4.78 is 27.7. The Hall–Kier alpha value is -1.82. The predicted molar refractivity (Wildman–Crippen MR) is 66.0 cm³/mol. The number of halogens is 1. The summed E-state index contributed by atoms with van der Waals surface area (Å²) in [5, 5.41) is 9.90. The number of benzene rings is 1. The number of hydrogen-bond acceptors (Lipinski definition) is 5. The van der Waals surface area contributed by atoms with Crippen molar-refractivity contribution in [3.05, 3.63) is 23.3 Å². The average molecular weight is 272 g/mol. The van der Waals surface area contributed by atoms with Crippen molar-refractivity contribution in [1.29, 1.82) is 0 Å². The van der Waals surface area contributed by atoms with Crippen LogP contribution in [0.15, 0.2) is 12.1 Å². The number of alkyl halides is 1. The molecule has 1 aromatic rings. The van der Waals surface area contributed by atoms with E-state index in [1.54, 1.807) is 6.92 Å². The zero-order valence-corrected chi connectivity index (χ0v) is 11.1. The molecule has 1 aromatic carbocycles. The standard InChI is InChI=1S/C13H17FO5/c1-4-19-13(16)12(15)9-5-8(7-14)10(17-2)6-11(9)18-3/h5-6,12,15H,4,7H2,1-3H3. The highest BCUT2D eigenvalue weighted by molar-refractivity contribution is 5.77. The lowest BCUT2D eigenvalue weighted by atomic mass is 10.0. The molecule has 0 saturated heterocycles. The zero-order valence-electron chi connectivity index (χ0n) is 11.1. The Morgan fingerprint density at radius 3 is 2.42 bits per heavy atom. The summed E-state index contributed by atoms with van der Waals surface area (Å²) in [6.45, 7) is 0.989. The van der Waals surface area contributed by atoms with Crippen molar-refractivity contribution in [2.24, 2.45) is 0 Å². The monoisotopic (exact) mass is 272 g/mol. The molecule has 0 amide bonds. The third kappa shape index (κ3) is 3.35. The minimum absolute atomic E-state index is 0.143. The van der Waals surface area contributed by atoms with Crippen LogP contribution >= 0.6 is 0 Å². The van der Waals surface area contributed by atoms with Gasteiger partial charge in [0.1, 0.15) is 18.2 Å². The maximum atomic E-state index is 12.9. The maximum absolute atomic E-state index is 12.9. The topological polar surface area (TPSA) is 65.0 Å². The first kappa shape index (κ1) is 15.2. The van der Waals surface area contributed by atoms with Gasteiger partial charge in [0, 0.05) is 17.2 Å². The van der Waals surface area contributed by atoms with Gasteiger partial charge >= 0.3 is 5.97 Å². The van der Waals surface area contributed by atoms with E-state index in [2.05, 4.69) is 0 Å². The van der Waals surface area contributed by atoms with Crippen LogP contribution in [0.25, 0.3) is 0 Å². The van der Waals surface area contributed by atoms with E-state index in [-0.39, 0.29) is 23.5 Å². The molecule has 1 unspecified atom stereocenters. The normalized spacial score (nSPS) is 11.8. The number of ether oxygens (including phenoxy) is 3. The SMILES string of the molecule is CCOC(=O)C(O)c1cc(CF)c(OC)cc1OC. The molecule has 0 bridgehead atoms. The van der Waals surface area contributed by atoms with Crippen LogP contribution in [0, 0.1) is 0 Å². The first-order chi connectivity index (χ1) is 9.08. The van der Waals surface area contributed by atoms with Crippen molar-refractivity contribution < 1.29 is 28.5 Å². The van der Waals surface area contributed by atoms with Crippen LogP contribution in [0.3, 0.4) is 0 Å². The molecule has 106 valence electrons. The average Bonchev–Trinajstić information content (AvgIpc) is 2.45. The van der Waals surface area contributed by atoms with Gasteiger partial charge in [0.2, 0.25) is 0 Å². The molecule has 0 saturated carbocycles. The summed E-state index contributed by atoms with van der Waals surface area (Å²) in [5.74, 6) is -0.287. The summed E-state index contributed by atoms with van der Waals surface area (Å²) in [5.41, 5.74) is 0.371. The second-order valence-corrected chi connectivity index (χ2v) is 3.69. The van der Waals surface area contributed by atoms with Gasteiger partial charge in [0.15, 0.2) is 6.10 Å². The van der Waals surface area contributed by atoms with E-state index in [9.17, 15) is 14.3 Å². The van der Waals surface area contributed by atoms with Gasteiger partial charge in [0.05, 0.1) is 20.8 Å². The summed E-state index contributed by atoms with van der Waals surface area (Å²) >= 11 is 0. The molecule has 6 heteroatoms. The number of aliphatic hydroxyl groups is 1. The lowest BCUT2D eigenvalue weighted by molar-refractivity contribution is -0.153. The molecule has 0 aromatic heterocycles. The van der Waals surface area contributed by atoms with E-state index < -0.39 is 18.7 Å². The molecule has 0 fully saturated rings. The van der Waals surface area contributed by atoms with Crippen molar-refractivity contribution in [2.45, 2.75) is 19.7 Å². The first-order valence-electron chi connectivity index (χ1n) is 5.74. The number of aliphatic hydroxyl groups excluding tert-OH is 1. The van der Waals surface area contributed by atoms with Crippen LogP contribution in [-0.4, -0.2) is 31.9 Å². The minimum atomic E-state index is -1.52. The summed E-state index contributed by atoms with van der Waals surface area (Å²) in [6.07, 6.45) is -1.52. The largest absolute Gasteiger partial charge is 0.496 e. The van der Waals surface area contributed by atoms with Gasteiger partial charge in [-0.25, -0.2) is 9.18 Å². The van der Waals surface area contributed by atoms with Gasteiger partial charge in [-0.15, -0.1) is 0 Å². The Labute approximate surface area is 110 Å². The zero-order chi connectivity index (χ0) is 14.4. The van der Waals surface area contributed by atoms with E-state index in [1.807, 2.05) is 0 Å². The number of carbonyl (C=O) groups is 1. The third-order valence-electron chi connectivity index (χ3n) is 2.58. The first-order valence-corrected chi connectivity index (χ1v) is 5.74. The highest BCUT2D eigenvalue weighted by atomic mass is 19.1.